The van der Waals surface area contributed by atoms with E-state index in [1.54, 1.807) is 0 Å². The number of allylic oxidation sites excluding steroid dienone is 1. The highest BCUT2D eigenvalue weighted by atomic mass is 32.1. The Labute approximate surface area is 59.7 Å². The van der Waals surface area contributed by atoms with Crippen molar-refractivity contribution >= 4 is 12.6 Å². The van der Waals surface area contributed by atoms with Crippen LogP contribution in [0.25, 0.3) is 0 Å². The van der Waals surface area contributed by atoms with Crippen LogP contribution in [0.4, 0.5) is 0 Å². The molecular formula is C6H9NOS. The third kappa shape index (κ3) is 1.82. The van der Waals surface area contributed by atoms with Gasteiger partial charge < -0.3 is 0 Å². The fourth-order valence-electron chi connectivity index (χ4n) is 0.902. The van der Waals surface area contributed by atoms with Crippen LogP contribution in [0.5, 0.6) is 0 Å². The standard InChI is InChI=1S/C6H9NOS/c8-7-5-1-3-6(9)4-2-5/h3,5,9H,1-2,4H2. The van der Waals surface area contributed by atoms with Gasteiger partial charge in [0, 0.05) is 0 Å². The van der Waals surface area contributed by atoms with Crippen LogP contribution in [0.2, 0.25) is 0 Å². The Balaban J connectivity index is 2.45. The Morgan fingerprint density at radius 1 is 1.78 bits per heavy atom. The van der Waals surface area contributed by atoms with Crippen LogP contribution < -0.4 is 0 Å². The van der Waals surface area contributed by atoms with E-state index in [1.165, 1.54) is 0 Å². The van der Waals surface area contributed by atoms with Gasteiger partial charge in [-0.2, -0.15) is 4.91 Å². The van der Waals surface area contributed by atoms with Crippen molar-refractivity contribution in [2.45, 2.75) is 25.3 Å². The first-order valence-corrected chi connectivity index (χ1v) is 3.48. The molecule has 1 aliphatic rings. The summed E-state index contributed by atoms with van der Waals surface area (Å²) in [5.41, 5.74) is 0. The van der Waals surface area contributed by atoms with Crippen molar-refractivity contribution in [3.8, 4) is 0 Å². The average molecular weight is 143 g/mol. The molecule has 0 N–H and O–H groups in total. The summed E-state index contributed by atoms with van der Waals surface area (Å²) in [5, 5.41) is 2.95. The molecule has 0 radical (unpaired) electrons. The second-order valence-electron chi connectivity index (χ2n) is 2.23. The van der Waals surface area contributed by atoms with E-state index in [0.29, 0.717) is 0 Å². The van der Waals surface area contributed by atoms with Crippen molar-refractivity contribution in [1.29, 1.82) is 0 Å². The molecule has 50 valence electrons. The molecule has 3 heteroatoms. The van der Waals surface area contributed by atoms with Crippen LogP contribution in [0.1, 0.15) is 19.3 Å². The van der Waals surface area contributed by atoms with Crippen LogP contribution in [0, 0.1) is 4.91 Å². The number of hydrogen-bond donors (Lipinski definition) is 1. The Morgan fingerprint density at radius 3 is 3.00 bits per heavy atom. The maximum absolute atomic E-state index is 9.96. The number of rotatable bonds is 1. The van der Waals surface area contributed by atoms with Gasteiger partial charge in [-0.1, -0.05) is 11.3 Å². The Kier molecular flexibility index (Phi) is 2.28. The number of nitrogens with zero attached hydrogens (tertiary/aromatic N) is 1. The molecule has 0 amide bonds. The summed E-state index contributed by atoms with van der Waals surface area (Å²) >= 11 is 4.16. The van der Waals surface area contributed by atoms with Gasteiger partial charge in [0.05, 0.1) is 6.04 Å². The lowest BCUT2D eigenvalue weighted by Gasteiger charge is -2.11. The fourth-order valence-corrected chi connectivity index (χ4v) is 1.14. The van der Waals surface area contributed by atoms with Gasteiger partial charge in [-0.3, -0.25) is 0 Å². The van der Waals surface area contributed by atoms with E-state index in [1.807, 2.05) is 6.08 Å². The Morgan fingerprint density at radius 2 is 2.56 bits per heavy atom. The van der Waals surface area contributed by atoms with Crippen LogP contribution >= 0.6 is 12.6 Å². The molecule has 0 heterocycles. The Hall–Kier alpha value is -0.310. The normalized spacial score (nSPS) is 27.2. The Bertz CT molecular complexity index is 144. The topological polar surface area (TPSA) is 29.4 Å². The molecule has 0 fully saturated rings. The van der Waals surface area contributed by atoms with Gasteiger partial charge in [-0.25, -0.2) is 0 Å². The second kappa shape index (κ2) is 3.01. The van der Waals surface area contributed by atoms with Crippen LogP contribution in [-0.4, -0.2) is 6.04 Å². The highest BCUT2D eigenvalue weighted by molar-refractivity contribution is 7.84. The summed E-state index contributed by atoms with van der Waals surface area (Å²) in [6.45, 7) is 0. The van der Waals surface area contributed by atoms with E-state index < -0.39 is 0 Å². The van der Waals surface area contributed by atoms with E-state index in [4.69, 9.17) is 0 Å². The van der Waals surface area contributed by atoms with Crippen LogP contribution in [0.15, 0.2) is 16.2 Å². The minimum atomic E-state index is 0.0147. The highest BCUT2D eigenvalue weighted by Gasteiger charge is 2.11. The molecule has 0 aromatic heterocycles. The quantitative estimate of drug-likeness (QED) is 0.442. The molecule has 9 heavy (non-hydrogen) atoms. The monoisotopic (exact) mass is 143 g/mol. The number of thiol groups is 1. The summed E-state index contributed by atoms with van der Waals surface area (Å²) in [7, 11) is 0. The number of hydrogen-bond acceptors (Lipinski definition) is 3. The maximum atomic E-state index is 9.96. The molecule has 0 saturated heterocycles. The van der Waals surface area contributed by atoms with E-state index in [-0.39, 0.29) is 6.04 Å². The van der Waals surface area contributed by atoms with Crippen molar-refractivity contribution in [2.75, 3.05) is 0 Å². The largest absolute Gasteiger partial charge is 0.151 e. The van der Waals surface area contributed by atoms with Crippen molar-refractivity contribution in [3.05, 3.63) is 15.9 Å². The van der Waals surface area contributed by atoms with E-state index in [0.717, 1.165) is 24.2 Å². The van der Waals surface area contributed by atoms with Gasteiger partial charge in [0.15, 0.2) is 0 Å². The SMILES string of the molecule is O=NC1CC=C(S)CC1. The molecule has 0 spiro atoms. The maximum Gasteiger partial charge on any atom is 0.0957 e. The van der Waals surface area contributed by atoms with Gasteiger partial charge in [-0.05, 0) is 24.2 Å². The molecule has 1 aliphatic carbocycles. The molecule has 0 aromatic rings. The highest BCUT2D eigenvalue weighted by Crippen LogP contribution is 2.21. The summed E-state index contributed by atoms with van der Waals surface area (Å²) in [5.74, 6) is 0. The molecule has 1 unspecified atom stereocenters. The zero-order valence-electron chi connectivity index (χ0n) is 5.08. The van der Waals surface area contributed by atoms with Crippen molar-refractivity contribution < 1.29 is 0 Å². The van der Waals surface area contributed by atoms with Gasteiger partial charge in [0.2, 0.25) is 0 Å². The second-order valence-corrected chi connectivity index (χ2v) is 2.80. The molecule has 0 bridgehead atoms. The fraction of sp³-hybridized carbons (Fsp3) is 0.667. The zero-order chi connectivity index (χ0) is 6.69. The molecule has 0 aliphatic heterocycles. The molecule has 0 saturated carbocycles. The minimum Gasteiger partial charge on any atom is -0.151 e. The first kappa shape index (κ1) is 6.81. The third-order valence-electron chi connectivity index (χ3n) is 1.51. The summed E-state index contributed by atoms with van der Waals surface area (Å²) < 4.78 is 0. The first-order valence-electron chi connectivity index (χ1n) is 3.03. The summed E-state index contributed by atoms with van der Waals surface area (Å²) in [6, 6.07) is 0.0147. The van der Waals surface area contributed by atoms with E-state index in [2.05, 4.69) is 17.8 Å². The summed E-state index contributed by atoms with van der Waals surface area (Å²) in [6.07, 6.45) is 4.54. The lowest BCUT2D eigenvalue weighted by Crippen LogP contribution is -2.05. The van der Waals surface area contributed by atoms with Crippen molar-refractivity contribution in [2.24, 2.45) is 5.18 Å². The lowest BCUT2D eigenvalue weighted by atomic mass is 10.0. The summed E-state index contributed by atoms with van der Waals surface area (Å²) in [4.78, 5) is 11.1. The van der Waals surface area contributed by atoms with Gasteiger partial charge >= 0.3 is 0 Å². The predicted molar refractivity (Wildman–Crippen MR) is 40.5 cm³/mol. The van der Waals surface area contributed by atoms with Crippen LogP contribution in [-0.2, 0) is 0 Å². The van der Waals surface area contributed by atoms with E-state index in [9.17, 15) is 4.91 Å². The minimum absolute atomic E-state index is 0.0147. The molecule has 1 rings (SSSR count). The molecule has 1 atom stereocenters. The van der Waals surface area contributed by atoms with Gasteiger partial charge in [-0.15, -0.1) is 12.6 Å². The van der Waals surface area contributed by atoms with Crippen molar-refractivity contribution in [1.82, 2.24) is 0 Å². The predicted octanol–water partition coefficient (Wildman–Crippen LogP) is 2.12. The van der Waals surface area contributed by atoms with E-state index >= 15 is 0 Å². The molecular weight excluding hydrogens is 134 g/mol. The third-order valence-corrected chi connectivity index (χ3v) is 1.91. The molecule has 2 nitrogen and oxygen atoms in total. The molecule has 0 aromatic carbocycles. The zero-order valence-corrected chi connectivity index (χ0v) is 5.97. The van der Waals surface area contributed by atoms with Gasteiger partial charge in [0.1, 0.15) is 0 Å². The van der Waals surface area contributed by atoms with Gasteiger partial charge in [0.25, 0.3) is 0 Å². The van der Waals surface area contributed by atoms with Crippen LogP contribution in [0.3, 0.4) is 0 Å². The lowest BCUT2D eigenvalue weighted by molar-refractivity contribution is 0.601. The van der Waals surface area contributed by atoms with Crippen molar-refractivity contribution in [3.63, 3.8) is 0 Å². The first-order chi connectivity index (χ1) is 4.33. The average Bonchev–Trinajstić information content (AvgIpc) is 1.90. The number of nitroso groups, excluding NO2 is 1. The smallest absolute Gasteiger partial charge is 0.0957 e.